The van der Waals surface area contributed by atoms with Gasteiger partial charge in [-0.3, -0.25) is 0 Å². The third-order valence-electron chi connectivity index (χ3n) is 3.77. The van der Waals surface area contributed by atoms with Crippen molar-refractivity contribution >= 4 is 10.0 Å². The van der Waals surface area contributed by atoms with Crippen molar-refractivity contribution in [1.82, 2.24) is 10.0 Å². The summed E-state index contributed by atoms with van der Waals surface area (Å²) in [5.74, 6) is 0. The highest BCUT2D eigenvalue weighted by atomic mass is 32.2. The Morgan fingerprint density at radius 1 is 1.10 bits per heavy atom. The lowest BCUT2D eigenvalue weighted by Crippen LogP contribution is -2.33. The summed E-state index contributed by atoms with van der Waals surface area (Å²) < 4.78 is 27.2. The Bertz CT molecular complexity index is 522. The molecular weight excluding hydrogens is 284 g/mol. The number of hydrogen-bond donors (Lipinski definition) is 2. The number of hydrogen-bond acceptors (Lipinski definition) is 3. The molecule has 0 atom stereocenters. The zero-order valence-corrected chi connectivity index (χ0v) is 14.4. The van der Waals surface area contributed by atoms with Gasteiger partial charge in [-0.05, 0) is 49.0 Å². The number of likely N-dealkylation sites (N-methyl/N-ethyl adjacent to an activating group) is 1. The number of nitrogens with one attached hydrogen (secondary N) is 2. The van der Waals surface area contributed by atoms with E-state index in [9.17, 15) is 8.42 Å². The molecular formula is C16H28N2O2S. The normalized spacial score (nSPS) is 12.6. The number of benzene rings is 1. The van der Waals surface area contributed by atoms with Crippen LogP contribution >= 0.6 is 0 Å². The summed E-state index contributed by atoms with van der Waals surface area (Å²) in [4.78, 5) is 0.335. The maximum atomic E-state index is 12.2. The molecule has 0 aromatic heterocycles. The van der Waals surface area contributed by atoms with Crippen LogP contribution in [0.1, 0.15) is 39.7 Å². The predicted octanol–water partition coefficient (Wildman–Crippen LogP) is 2.55. The molecule has 0 amide bonds. The number of rotatable bonds is 9. The first-order chi connectivity index (χ1) is 9.80. The first-order valence-corrected chi connectivity index (χ1v) is 9.08. The van der Waals surface area contributed by atoms with Crippen LogP contribution in [0.4, 0.5) is 0 Å². The van der Waals surface area contributed by atoms with Crippen molar-refractivity contribution in [1.29, 1.82) is 0 Å². The minimum atomic E-state index is -3.41. The molecule has 0 heterocycles. The summed E-state index contributed by atoms with van der Waals surface area (Å²) in [5, 5.41) is 3.25. The van der Waals surface area contributed by atoms with E-state index >= 15 is 0 Å². The van der Waals surface area contributed by atoms with Gasteiger partial charge in [-0.1, -0.05) is 39.8 Å². The van der Waals surface area contributed by atoms with Crippen molar-refractivity contribution in [3.63, 3.8) is 0 Å². The van der Waals surface area contributed by atoms with Crippen molar-refractivity contribution in [2.45, 2.75) is 45.4 Å². The van der Waals surface area contributed by atoms with Crippen LogP contribution in [0.2, 0.25) is 0 Å². The Kier molecular flexibility index (Phi) is 6.84. The molecule has 0 aliphatic heterocycles. The summed E-state index contributed by atoms with van der Waals surface area (Å²) in [7, 11) is -3.41. The molecule has 5 heteroatoms. The van der Waals surface area contributed by atoms with Crippen LogP contribution in [0.5, 0.6) is 0 Å². The van der Waals surface area contributed by atoms with Gasteiger partial charge in [0.05, 0.1) is 4.90 Å². The van der Waals surface area contributed by atoms with Gasteiger partial charge < -0.3 is 5.32 Å². The lowest BCUT2D eigenvalue weighted by atomic mass is 9.91. The van der Waals surface area contributed by atoms with E-state index in [1.165, 1.54) is 0 Å². The zero-order valence-electron chi connectivity index (χ0n) is 13.6. The molecule has 1 rings (SSSR count). The first kappa shape index (κ1) is 18.1. The van der Waals surface area contributed by atoms with Gasteiger partial charge in [-0.25, -0.2) is 13.1 Å². The Morgan fingerprint density at radius 2 is 1.71 bits per heavy atom. The second-order valence-corrected chi connectivity index (χ2v) is 7.86. The van der Waals surface area contributed by atoms with Crippen molar-refractivity contribution in [2.75, 3.05) is 19.6 Å². The third kappa shape index (κ3) is 6.16. The van der Waals surface area contributed by atoms with Crippen molar-refractivity contribution in [3.05, 3.63) is 29.8 Å². The highest BCUT2D eigenvalue weighted by Gasteiger charge is 2.20. The van der Waals surface area contributed by atoms with Gasteiger partial charge in [-0.15, -0.1) is 0 Å². The van der Waals surface area contributed by atoms with Crippen molar-refractivity contribution in [3.8, 4) is 0 Å². The van der Waals surface area contributed by atoms with E-state index in [-0.39, 0.29) is 5.41 Å². The fraction of sp³-hybridized carbons (Fsp3) is 0.625. The molecule has 0 aliphatic carbocycles. The SMILES string of the molecule is CCNCCc1ccc(S(=O)(=O)NCC(C)(C)CC)cc1. The highest BCUT2D eigenvalue weighted by Crippen LogP contribution is 2.19. The van der Waals surface area contributed by atoms with Gasteiger partial charge in [0, 0.05) is 6.54 Å². The van der Waals surface area contributed by atoms with Gasteiger partial charge in [0.1, 0.15) is 0 Å². The molecule has 0 fully saturated rings. The second kappa shape index (κ2) is 7.92. The van der Waals surface area contributed by atoms with E-state index in [1.807, 2.05) is 12.1 Å². The fourth-order valence-electron chi connectivity index (χ4n) is 1.74. The third-order valence-corrected chi connectivity index (χ3v) is 5.19. The van der Waals surface area contributed by atoms with Gasteiger partial charge in [0.25, 0.3) is 0 Å². The molecule has 0 saturated heterocycles. The molecule has 1 aromatic carbocycles. The smallest absolute Gasteiger partial charge is 0.240 e. The molecule has 0 spiro atoms. The van der Waals surface area contributed by atoms with Crippen LogP contribution in [-0.4, -0.2) is 28.1 Å². The molecule has 1 aromatic rings. The van der Waals surface area contributed by atoms with E-state index in [0.29, 0.717) is 11.4 Å². The molecule has 2 N–H and O–H groups in total. The van der Waals surface area contributed by atoms with Gasteiger partial charge in [0.2, 0.25) is 10.0 Å². The van der Waals surface area contributed by atoms with Gasteiger partial charge in [-0.2, -0.15) is 0 Å². The average Bonchev–Trinajstić information content (AvgIpc) is 2.46. The van der Waals surface area contributed by atoms with E-state index in [1.54, 1.807) is 12.1 Å². The van der Waals surface area contributed by atoms with E-state index in [4.69, 9.17) is 0 Å². The van der Waals surface area contributed by atoms with Crippen LogP contribution < -0.4 is 10.0 Å². The summed E-state index contributed by atoms with van der Waals surface area (Å²) >= 11 is 0. The molecule has 21 heavy (non-hydrogen) atoms. The first-order valence-electron chi connectivity index (χ1n) is 7.60. The average molecular weight is 312 g/mol. The van der Waals surface area contributed by atoms with Crippen LogP contribution in [0.3, 0.4) is 0 Å². The van der Waals surface area contributed by atoms with Crippen LogP contribution in [0.25, 0.3) is 0 Å². The van der Waals surface area contributed by atoms with E-state index in [0.717, 1.165) is 31.5 Å². The number of sulfonamides is 1. The molecule has 0 bridgehead atoms. The van der Waals surface area contributed by atoms with E-state index < -0.39 is 10.0 Å². The summed E-state index contributed by atoms with van der Waals surface area (Å²) in [5.41, 5.74) is 1.11. The topological polar surface area (TPSA) is 58.2 Å². The standard InChI is InChI=1S/C16H28N2O2S/c1-5-16(3,4)13-18-21(19,20)15-9-7-14(8-10-15)11-12-17-6-2/h7-10,17-18H,5-6,11-13H2,1-4H3. The monoisotopic (exact) mass is 312 g/mol. The molecule has 0 aliphatic rings. The maximum Gasteiger partial charge on any atom is 0.240 e. The molecule has 0 radical (unpaired) electrons. The van der Waals surface area contributed by atoms with Crippen LogP contribution in [0, 0.1) is 5.41 Å². The Balaban J connectivity index is 2.67. The van der Waals surface area contributed by atoms with Crippen LogP contribution in [0.15, 0.2) is 29.2 Å². The minimum Gasteiger partial charge on any atom is -0.317 e. The molecule has 0 unspecified atom stereocenters. The summed E-state index contributed by atoms with van der Waals surface area (Å²) in [6.45, 7) is 10.6. The molecule has 0 saturated carbocycles. The highest BCUT2D eigenvalue weighted by molar-refractivity contribution is 7.89. The largest absolute Gasteiger partial charge is 0.317 e. The second-order valence-electron chi connectivity index (χ2n) is 6.09. The predicted molar refractivity (Wildman–Crippen MR) is 88.0 cm³/mol. The van der Waals surface area contributed by atoms with E-state index in [2.05, 4.69) is 37.7 Å². The summed E-state index contributed by atoms with van der Waals surface area (Å²) in [6.07, 6.45) is 1.84. The van der Waals surface area contributed by atoms with Crippen molar-refractivity contribution in [2.24, 2.45) is 5.41 Å². The lowest BCUT2D eigenvalue weighted by molar-refractivity contribution is 0.350. The fourth-order valence-corrected chi connectivity index (χ4v) is 2.99. The zero-order chi connectivity index (χ0) is 15.9. The minimum absolute atomic E-state index is 0.0289. The molecule has 4 nitrogen and oxygen atoms in total. The Morgan fingerprint density at radius 3 is 2.24 bits per heavy atom. The van der Waals surface area contributed by atoms with Crippen molar-refractivity contribution < 1.29 is 8.42 Å². The van der Waals surface area contributed by atoms with Gasteiger partial charge in [0.15, 0.2) is 0 Å². The lowest BCUT2D eigenvalue weighted by Gasteiger charge is -2.22. The maximum absolute atomic E-state index is 12.2. The Labute approximate surface area is 129 Å². The summed E-state index contributed by atoms with van der Waals surface area (Å²) in [6, 6.07) is 7.14. The van der Waals surface area contributed by atoms with Gasteiger partial charge >= 0.3 is 0 Å². The quantitative estimate of drug-likeness (QED) is 0.689. The molecule has 120 valence electrons. The Hall–Kier alpha value is -0.910. The van der Waals surface area contributed by atoms with Crippen LogP contribution in [-0.2, 0) is 16.4 Å².